The Morgan fingerprint density at radius 3 is 1.93 bits per heavy atom. The van der Waals surface area contributed by atoms with Gasteiger partial charge in [0.1, 0.15) is 5.76 Å². The zero-order valence-electron chi connectivity index (χ0n) is 15.4. The third-order valence-corrected chi connectivity index (χ3v) is 13.4. The summed E-state index contributed by atoms with van der Waals surface area (Å²) in [6.45, 7) is 3.36. The van der Waals surface area contributed by atoms with Gasteiger partial charge in [-0.3, -0.25) is 0 Å². The molecule has 2 fully saturated rings. The van der Waals surface area contributed by atoms with Crippen molar-refractivity contribution in [3.8, 4) is 0 Å². The normalized spacial score (nSPS) is 26.6. The molecule has 0 amide bonds. The van der Waals surface area contributed by atoms with Gasteiger partial charge in [0.2, 0.25) is 10.0 Å². The van der Waals surface area contributed by atoms with Crippen molar-refractivity contribution in [1.29, 1.82) is 0 Å². The van der Waals surface area contributed by atoms with E-state index in [2.05, 4.69) is 4.18 Å². The van der Waals surface area contributed by atoms with Crippen LogP contribution < -0.4 is 0 Å². The van der Waals surface area contributed by atoms with Crippen LogP contribution in [0.2, 0.25) is 0 Å². The number of nitrogens with zero attached hydrogens (tertiary/aromatic N) is 1. The van der Waals surface area contributed by atoms with Gasteiger partial charge in [-0.15, -0.1) is 0 Å². The number of allylic oxidation sites excluding steroid dienone is 2. The zero-order chi connectivity index (χ0) is 20.9. The molecule has 6 nitrogen and oxygen atoms in total. The quantitative estimate of drug-likeness (QED) is 0.268. The van der Waals surface area contributed by atoms with Gasteiger partial charge in [-0.1, -0.05) is 6.92 Å². The van der Waals surface area contributed by atoms with E-state index in [0.29, 0.717) is 11.3 Å². The van der Waals surface area contributed by atoms with E-state index in [1.807, 2.05) is 0 Å². The Balaban J connectivity index is 1.63. The van der Waals surface area contributed by atoms with Crippen LogP contribution in [0.4, 0.5) is 13.2 Å². The number of sulfonamides is 1. The number of alkyl halides is 3. The first-order valence-electron chi connectivity index (χ1n) is 9.09. The maximum Gasteiger partial charge on any atom is 0.534 e. The first kappa shape index (κ1) is 22.7. The lowest BCUT2D eigenvalue weighted by atomic mass is 9.81. The van der Waals surface area contributed by atoms with Crippen LogP contribution in [0.1, 0.15) is 46.0 Å². The summed E-state index contributed by atoms with van der Waals surface area (Å²) in [6, 6.07) is 0. The molecule has 3 unspecified atom stereocenters. The van der Waals surface area contributed by atoms with E-state index < -0.39 is 30.9 Å². The van der Waals surface area contributed by atoms with Crippen LogP contribution in [-0.2, 0) is 24.3 Å². The fraction of sp³-hybridized carbons (Fsp3) is 0.867. The summed E-state index contributed by atoms with van der Waals surface area (Å²) >= 11 is 0. The molecule has 0 spiro atoms. The minimum absolute atomic E-state index is 0.0217. The van der Waals surface area contributed by atoms with Gasteiger partial charge in [0.15, 0.2) is 0 Å². The summed E-state index contributed by atoms with van der Waals surface area (Å²) in [6.07, 6.45) is 5.50. The van der Waals surface area contributed by atoms with Crippen molar-refractivity contribution in [3.05, 3.63) is 11.8 Å². The molecule has 3 aliphatic carbocycles. The van der Waals surface area contributed by atoms with E-state index in [1.165, 1.54) is 6.08 Å². The summed E-state index contributed by atoms with van der Waals surface area (Å²) in [4.78, 5) is 0. The van der Waals surface area contributed by atoms with Gasteiger partial charge in [-0.25, -0.2) is 8.42 Å². The Bertz CT molecular complexity index is 824. The van der Waals surface area contributed by atoms with Crippen molar-refractivity contribution in [3.63, 3.8) is 0 Å². The fourth-order valence-electron chi connectivity index (χ4n) is 2.75. The summed E-state index contributed by atoms with van der Waals surface area (Å²) in [7, 11) is -8.66. The molecule has 0 aromatic heterocycles. The molecule has 28 heavy (non-hydrogen) atoms. The standard InChI is InChI=1S/C15H24F3NO5P2S2/c1-9(11-7-12(8-11)24-28(22,23)15(16,17)18)10(2)27(20,21)19(25-13-3-4-13)26-14-5-6-14/h7,9-11,13-14,25-26H,3-6,8H2,1-2H3/t9-,10-,11?/m1/s1. The van der Waals surface area contributed by atoms with Gasteiger partial charge in [-0.05, 0) is 79.3 Å². The van der Waals surface area contributed by atoms with Gasteiger partial charge < -0.3 is 4.18 Å². The fourth-order valence-corrected chi connectivity index (χ4v) is 10.3. The molecule has 0 N–H and O–H groups in total. The van der Waals surface area contributed by atoms with Crippen LogP contribution >= 0.6 is 17.5 Å². The van der Waals surface area contributed by atoms with Crippen LogP contribution in [0.25, 0.3) is 0 Å². The lowest BCUT2D eigenvalue weighted by Crippen LogP contribution is -2.38. The second-order valence-electron chi connectivity index (χ2n) is 7.66. The molecule has 162 valence electrons. The SMILES string of the molecule is C[C@H]([C@@H](C)C1C=C(OS(=O)(=O)C(F)(F)F)C1)S(=O)(=O)N(PC1CC1)PC1CC1. The van der Waals surface area contributed by atoms with E-state index in [0.717, 1.165) is 25.7 Å². The number of halogens is 3. The number of hydrogen-bond donors (Lipinski definition) is 0. The Morgan fingerprint density at radius 1 is 1.07 bits per heavy atom. The topological polar surface area (TPSA) is 80.8 Å². The number of rotatable bonds is 10. The minimum Gasteiger partial charge on any atom is -0.381 e. The van der Waals surface area contributed by atoms with Gasteiger partial charge >= 0.3 is 15.6 Å². The largest absolute Gasteiger partial charge is 0.534 e. The van der Waals surface area contributed by atoms with Crippen LogP contribution in [0.5, 0.6) is 0 Å². The average Bonchev–Trinajstić information content (AvgIpc) is 3.42. The van der Waals surface area contributed by atoms with Crippen LogP contribution in [-0.4, -0.2) is 42.8 Å². The maximum atomic E-state index is 13.1. The summed E-state index contributed by atoms with van der Waals surface area (Å²) < 4.78 is 91.2. The van der Waals surface area contributed by atoms with Crippen molar-refractivity contribution >= 4 is 37.6 Å². The highest BCUT2D eigenvalue weighted by molar-refractivity contribution is 7.98. The molecule has 0 aromatic carbocycles. The van der Waals surface area contributed by atoms with Crippen LogP contribution in [0, 0.1) is 11.8 Å². The van der Waals surface area contributed by atoms with E-state index in [4.69, 9.17) is 0 Å². The van der Waals surface area contributed by atoms with Crippen molar-refractivity contribution in [1.82, 2.24) is 3.85 Å². The predicted molar refractivity (Wildman–Crippen MR) is 104 cm³/mol. The van der Waals surface area contributed by atoms with Crippen molar-refractivity contribution in [2.24, 2.45) is 11.8 Å². The van der Waals surface area contributed by atoms with Gasteiger partial charge in [-0.2, -0.15) is 25.4 Å². The molecule has 0 radical (unpaired) electrons. The summed E-state index contributed by atoms with van der Waals surface area (Å²) in [5.74, 6) is -0.977. The van der Waals surface area contributed by atoms with E-state index in [9.17, 15) is 30.0 Å². The highest BCUT2D eigenvalue weighted by Crippen LogP contribution is 2.55. The molecule has 0 bridgehead atoms. The third kappa shape index (κ3) is 5.20. The van der Waals surface area contributed by atoms with Crippen molar-refractivity contribution < 1.29 is 34.2 Å². The predicted octanol–water partition coefficient (Wildman–Crippen LogP) is 3.92. The van der Waals surface area contributed by atoms with Crippen molar-refractivity contribution in [2.75, 3.05) is 0 Å². The molecule has 13 heteroatoms. The molecule has 5 atom stereocenters. The van der Waals surface area contributed by atoms with E-state index >= 15 is 0 Å². The molecule has 3 rings (SSSR count). The summed E-state index contributed by atoms with van der Waals surface area (Å²) in [5.41, 5.74) is -4.56. The minimum atomic E-state index is -5.67. The highest BCUT2D eigenvalue weighted by Gasteiger charge is 2.50. The first-order chi connectivity index (χ1) is 12.8. The lowest BCUT2D eigenvalue weighted by Gasteiger charge is -2.35. The van der Waals surface area contributed by atoms with Gasteiger partial charge in [0.25, 0.3) is 0 Å². The Hall–Kier alpha value is 0.0500. The molecule has 0 heterocycles. The van der Waals surface area contributed by atoms with Gasteiger partial charge in [0.05, 0.1) is 5.25 Å². The Morgan fingerprint density at radius 2 is 1.54 bits per heavy atom. The van der Waals surface area contributed by atoms with Crippen LogP contribution in [0.3, 0.4) is 0 Å². The average molecular weight is 481 g/mol. The Kier molecular flexibility index (Phi) is 6.45. The van der Waals surface area contributed by atoms with Crippen molar-refractivity contribution in [2.45, 2.75) is 68.0 Å². The second kappa shape index (κ2) is 7.95. The number of hydrogen-bond acceptors (Lipinski definition) is 5. The van der Waals surface area contributed by atoms with Crippen LogP contribution in [0.15, 0.2) is 11.8 Å². The molecular weight excluding hydrogens is 457 g/mol. The maximum absolute atomic E-state index is 13.1. The molecule has 0 saturated heterocycles. The van der Waals surface area contributed by atoms with Gasteiger partial charge in [0, 0.05) is 6.42 Å². The lowest BCUT2D eigenvalue weighted by molar-refractivity contribution is -0.0528. The molecule has 3 aliphatic rings. The molecular formula is C15H24F3NO5P2S2. The third-order valence-electron chi connectivity index (χ3n) is 5.23. The molecule has 0 aromatic rings. The van der Waals surface area contributed by atoms with E-state index in [1.54, 1.807) is 17.7 Å². The van der Waals surface area contributed by atoms with E-state index in [-0.39, 0.29) is 41.5 Å². The summed E-state index contributed by atoms with van der Waals surface area (Å²) in [5, 5.41) is -0.702. The Labute approximate surface area is 167 Å². The monoisotopic (exact) mass is 481 g/mol. The molecule has 0 aliphatic heterocycles. The first-order valence-corrected chi connectivity index (χ1v) is 14.1. The second-order valence-corrected chi connectivity index (χ2v) is 15.5. The molecule has 2 saturated carbocycles. The highest BCUT2D eigenvalue weighted by atomic mass is 32.2. The zero-order valence-corrected chi connectivity index (χ0v) is 19.1. The smallest absolute Gasteiger partial charge is 0.381 e.